The lowest BCUT2D eigenvalue weighted by molar-refractivity contribution is 0.134. The summed E-state index contributed by atoms with van der Waals surface area (Å²) in [7, 11) is 6.77. The first-order chi connectivity index (χ1) is 18.6. The summed E-state index contributed by atoms with van der Waals surface area (Å²) in [5, 5.41) is 0. The van der Waals surface area contributed by atoms with Crippen molar-refractivity contribution < 1.29 is 18.9 Å². The molecule has 0 radical (unpaired) electrons. The molecule has 1 aliphatic rings. The number of hydrogen-bond donors (Lipinski definition) is 0. The number of methoxy groups -OCH3 is 4. The largest absolute Gasteiger partial charge is 0.493 e. The lowest BCUT2D eigenvalue weighted by Gasteiger charge is -2.43. The van der Waals surface area contributed by atoms with Gasteiger partial charge in [0.25, 0.3) is 0 Å². The van der Waals surface area contributed by atoms with Crippen LogP contribution in [0.3, 0.4) is 0 Å². The van der Waals surface area contributed by atoms with Crippen molar-refractivity contribution in [3.8, 4) is 23.0 Å². The first kappa shape index (κ1) is 25.7. The van der Waals surface area contributed by atoms with Crippen molar-refractivity contribution in [2.24, 2.45) is 0 Å². The molecule has 5 rings (SSSR count). The molecule has 0 unspecified atom stereocenters. The third kappa shape index (κ3) is 5.20. The summed E-state index contributed by atoms with van der Waals surface area (Å²) in [6.45, 7) is 1.60. The van der Waals surface area contributed by atoms with Gasteiger partial charge >= 0.3 is 0 Å². The Morgan fingerprint density at radius 1 is 0.632 bits per heavy atom. The van der Waals surface area contributed by atoms with Crippen LogP contribution >= 0.6 is 0 Å². The summed E-state index contributed by atoms with van der Waals surface area (Å²) in [6, 6.07) is 32.1. The molecular formula is C33H35NO4. The quantitative estimate of drug-likeness (QED) is 0.248. The normalized spacial score (nSPS) is 16.9. The Morgan fingerprint density at radius 3 is 1.84 bits per heavy atom. The van der Waals surface area contributed by atoms with Crippen LogP contribution < -0.4 is 18.9 Å². The molecule has 0 spiro atoms. The second kappa shape index (κ2) is 11.6. The van der Waals surface area contributed by atoms with Crippen LogP contribution in [0.5, 0.6) is 23.0 Å². The van der Waals surface area contributed by atoms with Crippen LogP contribution in [0.25, 0.3) is 0 Å². The van der Waals surface area contributed by atoms with Crippen molar-refractivity contribution in [2.45, 2.75) is 31.5 Å². The van der Waals surface area contributed by atoms with Crippen molar-refractivity contribution in [3.05, 3.63) is 119 Å². The number of benzene rings is 4. The SMILES string of the molecule is COc1ccc([C@@H]2[C@@H](Cc3ccccc3)c3cc(OC)c(OC)cc3CN2Cc2ccccc2)cc1OC. The Hall–Kier alpha value is -3.96. The molecule has 2 atom stereocenters. The Balaban J connectivity index is 1.69. The van der Waals surface area contributed by atoms with Crippen LogP contribution in [0.4, 0.5) is 0 Å². The van der Waals surface area contributed by atoms with Crippen molar-refractivity contribution in [1.82, 2.24) is 4.90 Å². The minimum absolute atomic E-state index is 0.0980. The van der Waals surface area contributed by atoms with Crippen LogP contribution in [0, 0.1) is 0 Å². The predicted octanol–water partition coefficient (Wildman–Crippen LogP) is 6.80. The van der Waals surface area contributed by atoms with Gasteiger partial charge in [0, 0.05) is 25.0 Å². The van der Waals surface area contributed by atoms with E-state index in [2.05, 4.69) is 89.8 Å². The minimum atomic E-state index is 0.0980. The molecule has 0 saturated heterocycles. The van der Waals surface area contributed by atoms with E-state index < -0.39 is 0 Å². The molecule has 0 amide bonds. The van der Waals surface area contributed by atoms with Gasteiger partial charge in [-0.25, -0.2) is 0 Å². The molecular weight excluding hydrogens is 474 g/mol. The molecule has 5 heteroatoms. The maximum atomic E-state index is 5.76. The fourth-order valence-corrected chi connectivity index (χ4v) is 5.70. The van der Waals surface area contributed by atoms with Gasteiger partial charge in [0.1, 0.15) is 0 Å². The van der Waals surface area contributed by atoms with E-state index in [9.17, 15) is 0 Å². The van der Waals surface area contributed by atoms with Gasteiger partial charge in [0.2, 0.25) is 0 Å². The van der Waals surface area contributed by atoms with E-state index in [0.29, 0.717) is 0 Å². The van der Waals surface area contributed by atoms with Gasteiger partial charge in [-0.05, 0) is 58.5 Å². The number of ether oxygens (including phenoxy) is 4. The average molecular weight is 510 g/mol. The predicted molar refractivity (Wildman–Crippen MR) is 150 cm³/mol. The zero-order valence-corrected chi connectivity index (χ0v) is 22.5. The summed E-state index contributed by atoms with van der Waals surface area (Å²) in [5.74, 6) is 3.15. The zero-order valence-electron chi connectivity index (χ0n) is 22.5. The lowest BCUT2D eigenvalue weighted by atomic mass is 9.76. The van der Waals surface area contributed by atoms with Crippen LogP contribution in [0.15, 0.2) is 91.0 Å². The highest BCUT2D eigenvalue weighted by molar-refractivity contribution is 5.52. The van der Waals surface area contributed by atoms with E-state index in [1.807, 2.05) is 6.07 Å². The summed E-state index contributed by atoms with van der Waals surface area (Å²) >= 11 is 0. The summed E-state index contributed by atoms with van der Waals surface area (Å²) < 4.78 is 22.8. The molecule has 0 aliphatic carbocycles. The standard InChI is InChI=1S/C33H35NO4/c1-35-29-16-15-25(18-30(29)36-2)33-28(17-23-11-7-5-8-12-23)27-20-32(38-4)31(37-3)19-26(27)22-34(33)21-24-13-9-6-10-14-24/h5-16,18-20,28,33H,17,21-22H2,1-4H3/t28-,33+/m0/s1. The molecule has 0 saturated carbocycles. The van der Waals surface area contributed by atoms with E-state index in [0.717, 1.165) is 42.5 Å². The van der Waals surface area contributed by atoms with Gasteiger partial charge in [-0.1, -0.05) is 66.7 Å². The third-order valence-electron chi connectivity index (χ3n) is 7.47. The Kier molecular flexibility index (Phi) is 7.85. The fourth-order valence-electron chi connectivity index (χ4n) is 5.70. The molecule has 38 heavy (non-hydrogen) atoms. The van der Waals surface area contributed by atoms with Crippen molar-refractivity contribution in [1.29, 1.82) is 0 Å². The first-order valence-corrected chi connectivity index (χ1v) is 12.9. The molecule has 5 nitrogen and oxygen atoms in total. The molecule has 4 aromatic carbocycles. The van der Waals surface area contributed by atoms with E-state index in [1.54, 1.807) is 28.4 Å². The molecule has 0 bridgehead atoms. The zero-order chi connectivity index (χ0) is 26.5. The highest BCUT2D eigenvalue weighted by Crippen LogP contribution is 2.49. The van der Waals surface area contributed by atoms with Crippen LogP contribution in [0.2, 0.25) is 0 Å². The lowest BCUT2D eigenvalue weighted by Crippen LogP contribution is -2.37. The monoisotopic (exact) mass is 509 g/mol. The van der Waals surface area contributed by atoms with E-state index >= 15 is 0 Å². The summed E-state index contributed by atoms with van der Waals surface area (Å²) in [5.41, 5.74) is 6.32. The maximum Gasteiger partial charge on any atom is 0.161 e. The Morgan fingerprint density at radius 2 is 1.21 bits per heavy atom. The molecule has 4 aromatic rings. The van der Waals surface area contributed by atoms with Crippen molar-refractivity contribution in [2.75, 3.05) is 28.4 Å². The Labute approximate surface area is 225 Å². The van der Waals surface area contributed by atoms with E-state index in [1.165, 1.54) is 27.8 Å². The first-order valence-electron chi connectivity index (χ1n) is 12.9. The van der Waals surface area contributed by atoms with Crippen molar-refractivity contribution >= 4 is 0 Å². The summed E-state index contributed by atoms with van der Waals surface area (Å²) in [4.78, 5) is 2.57. The minimum Gasteiger partial charge on any atom is -0.493 e. The van der Waals surface area contributed by atoms with Crippen LogP contribution in [-0.4, -0.2) is 33.3 Å². The Bertz CT molecular complexity index is 1360. The second-order valence-electron chi connectivity index (χ2n) is 9.65. The smallest absolute Gasteiger partial charge is 0.161 e. The van der Waals surface area contributed by atoms with Gasteiger partial charge in [-0.2, -0.15) is 0 Å². The topological polar surface area (TPSA) is 40.2 Å². The third-order valence-corrected chi connectivity index (χ3v) is 7.47. The molecule has 0 aromatic heterocycles. The van der Waals surface area contributed by atoms with Crippen LogP contribution in [-0.2, 0) is 19.5 Å². The van der Waals surface area contributed by atoms with Gasteiger partial charge in [0.05, 0.1) is 28.4 Å². The molecule has 1 aliphatic heterocycles. The molecule has 0 fully saturated rings. The highest BCUT2D eigenvalue weighted by Gasteiger charge is 2.37. The van der Waals surface area contributed by atoms with Crippen LogP contribution in [0.1, 0.15) is 39.8 Å². The number of rotatable bonds is 9. The van der Waals surface area contributed by atoms with Gasteiger partial charge in [-0.15, -0.1) is 0 Å². The number of nitrogens with zero attached hydrogens (tertiary/aromatic N) is 1. The van der Waals surface area contributed by atoms with Gasteiger partial charge in [0.15, 0.2) is 23.0 Å². The molecule has 196 valence electrons. The van der Waals surface area contributed by atoms with E-state index in [4.69, 9.17) is 18.9 Å². The number of fused-ring (bicyclic) bond motifs is 1. The highest BCUT2D eigenvalue weighted by atomic mass is 16.5. The van der Waals surface area contributed by atoms with Crippen molar-refractivity contribution in [3.63, 3.8) is 0 Å². The fraction of sp³-hybridized carbons (Fsp3) is 0.273. The average Bonchev–Trinajstić information content (AvgIpc) is 2.97. The summed E-state index contributed by atoms with van der Waals surface area (Å²) in [6.07, 6.45) is 0.883. The number of hydrogen-bond acceptors (Lipinski definition) is 5. The van der Waals surface area contributed by atoms with E-state index in [-0.39, 0.29) is 12.0 Å². The maximum absolute atomic E-state index is 5.76. The van der Waals surface area contributed by atoms with Gasteiger partial charge in [-0.3, -0.25) is 4.90 Å². The molecule has 0 N–H and O–H groups in total. The second-order valence-corrected chi connectivity index (χ2v) is 9.65. The van der Waals surface area contributed by atoms with Gasteiger partial charge < -0.3 is 18.9 Å². The molecule has 1 heterocycles.